The Hall–Kier alpha value is -12.1. The van der Waals surface area contributed by atoms with Gasteiger partial charge in [0, 0.05) is 59.9 Å². The maximum atomic E-state index is 13.4. The SMILES string of the molecule is COCCOC(=O)C(Cc1ccccc1)NC(=O)CCC(=O)C(C)OC(=O)C(C)OC(=O)C(C)OC(=O)C(C)C.COCCOC(=O)C(Cc1ccccc1)NC(=O)CCC(=O)C(Cc1ccc(O)cc1)NC(=O)C(C)OC(=O)C(C)OC(=O)C(C)OC(=O)C(C)O.COCCOC(=O)c1ccc(COC(=O)C(C)OC(=O)C(C)OC(=O)C(C)C)cc1. The number of amides is 3. The van der Waals surface area contributed by atoms with Crippen molar-refractivity contribution in [3.8, 4) is 5.75 Å². The Balaban J connectivity index is 0.000000644. The van der Waals surface area contributed by atoms with Crippen molar-refractivity contribution < 1.29 is 163 Å². The highest BCUT2D eigenvalue weighted by molar-refractivity contribution is 5.95. The van der Waals surface area contributed by atoms with Crippen LogP contribution in [0.2, 0.25) is 0 Å². The van der Waals surface area contributed by atoms with E-state index in [-0.39, 0.29) is 96.3 Å². The Bertz CT molecular complexity index is 4040. The average molecular weight is 1720 g/mol. The first-order valence-corrected chi connectivity index (χ1v) is 39.0. The van der Waals surface area contributed by atoms with Crippen LogP contribution in [-0.2, 0) is 174 Å². The maximum absolute atomic E-state index is 13.4. The number of carbonyl (C=O) groups is 17. The topological polar surface area (TPSA) is 505 Å². The molecule has 3 amide bonds. The van der Waals surface area contributed by atoms with E-state index in [1.807, 2.05) is 6.07 Å². The number of phenols is 1. The van der Waals surface area contributed by atoms with E-state index in [1.165, 1.54) is 101 Å². The third-order valence-corrected chi connectivity index (χ3v) is 16.7. The van der Waals surface area contributed by atoms with Gasteiger partial charge in [0.05, 0.1) is 43.3 Å². The standard InChI is InChI=1S/C36H46N2O14.C28H39NO11.C21H28O9/c1-21(39)33(44)51-23(3)35(46)52-24(4)34(45)50-22(2)32(43)38-28(19-26-11-13-27(40)14-12-26)30(41)15-16-31(42)37-29(36(47)49-18-17-48-5)20-25-9-7-6-8-10-25;1-17(2)25(32)39-19(4)27(34)40-20(5)26(33)38-18(3)23(30)12-13-24(31)29-22(28(35)37-15-14-36-6)16-21-10-8-7-9-11-21;1-13(2)18(22)29-15(4)20(24)30-14(3)19(23)28-12-16-6-8-17(9-7-16)21(25)27-11-10-26-5/h6-14,21-24,28-29,39-40H,15-20H2,1-5H3,(H,37,42)(H,38,43);7-11,17-20,22H,12-16H2,1-6H3,(H,29,31);6-9,13-15H,10-12H2,1-5H3. The van der Waals surface area contributed by atoms with Gasteiger partial charge in [0.2, 0.25) is 11.8 Å². The molecule has 5 N–H and O–H groups in total. The van der Waals surface area contributed by atoms with Gasteiger partial charge in [-0.1, -0.05) is 113 Å². The summed E-state index contributed by atoms with van der Waals surface area (Å²) in [6, 6.07) is 26.9. The zero-order valence-corrected chi connectivity index (χ0v) is 71.3. The summed E-state index contributed by atoms with van der Waals surface area (Å²) < 4.78 is 74.8. The minimum Gasteiger partial charge on any atom is -0.508 e. The number of phenolic OH excluding ortho intramolecular Hbond substituents is 1. The van der Waals surface area contributed by atoms with Gasteiger partial charge < -0.3 is 97.2 Å². The van der Waals surface area contributed by atoms with Gasteiger partial charge in [0.25, 0.3) is 5.91 Å². The molecule has 37 heteroatoms. The Morgan fingerprint density at radius 1 is 0.303 bits per heavy atom. The van der Waals surface area contributed by atoms with Crippen molar-refractivity contribution in [2.45, 2.75) is 215 Å². The molecular formula is C85H113N3O34. The fraction of sp³-hybridized carbons (Fsp3) is 0.518. The molecule has 37 nitrogen and oxygen atoms in total. The first-order valence-electron chi connectivity index (χ1n) is 39.0. The predicted molar refractivity (Wildman–Crippen MR) is 426 cm³/mol. The number of carbonyl (C=O) groups excluding carboxylic acids is 17. The molecule has 0 aromatic heterocycles. The van der Waals surface area contributed by atoms with E-state index in [2.05, 4.69) is 16.0 Å². The summed E-state index contributed by atoms with van der Waals surface area (Å²) >= 11 is 0. The largest absolute Gasteiger partial charge is 0.508 e. The van der Waals surface area contributed by atoms with Crippen molar-refractivity contribution in [3.05, 3.63) is 137 Å². The number of ether oxygens (including phenoxy) is 15. The number of rotatable bonds is 49. The second-order valence-electron chi connectivity index (χ2n) is 27.9. The molecule has 0 radical (unpaired) electrons. The Kier molecular flexibility index (Phi) is 49.7. The van der Waals surface area contributed by atoms with Crippen molar-refractivity contribution in [1.82, 2.24) is 16.0 Å². The lowest BCUT2D eigenvalue weighted by atomic mass is 9.98. The van der Waals surface area contributed by atoms with E-state index in [9.17, 15) is 91.7 Å². The van der Waals surface area contributed by atoms with Crippen LogP contribution in [0.15, 0.2) is 109 Å². The van der Waals surface area contributed by atoms with Crippen molar-refractivity contribution in [1.29, 1.82) is 0 Å². The first kappa shape index (κ1) is 106. The summed E-state index contributed by atoms with van der Waals surface area (Å²) in [7, 11) is 4.42. The first-order chi connectivity index (χ1) is 57.6. The molecule has 12 atom stereocenters. The molecule has 0 aliphatic rings. The van der Waals surface area contributed by atoms with E-state index in [0.717, 1.165) is 18.1 Å². The van der Waals surface area contributed by atoms with Crippen LogP contribution in [0, 0.1) is 11.8 Å². The Labute approximate surface area is 707 Å². The molecule has 0 saturated carbocycles. The molecule has 0 fully saturated rings. The fourth-order valence-electron chi connectivity index (χ4n) is 9.49. The van der Waals surface area contributed by atoms with Crippen LogP contribution in [0.25, 0.3) is 0 Å². The van der Waals surface area contributed by atoms with Crippen molar-refractivity contribution in [2.75, 3.05) is 61.0 Å². The highest BCUT2D eigenvalue weighted by Crippen LogP contribution is 2.18. The summed E-state index contributed by atoms with van der Waals surface area (Å²) in [6.07, 6.45) is -13.0. The van der Waals surface area contributed by atoms with Crippen LogP contribution in [0.4, 0.5) is 0 Å². The molecule has 12 unspecified atom stereocenters. The minimum atomic E-state index is -1.52. The lowest BCUT2D eigenvalue weighted by molar-refractivity contribution is -0.181. The summed E-state index contributed by atoms with van der Waals surface area (Å²) in [5, 5.41) is 26.6. The zero-order valence-electron chi connectivity index (χ0n) is 71.3. The van der Waals surface area contributed by atoms with Crippen LogP contribution in [-0.4, -0.2) is 245 Å². The summed E-state index contributed by atoms with van der Waals surface area (Å²) in [5.41, 5.74) is 3.11. The molecule has 0 bridgehead atoms. The molecule has 0 heterocycles. The minimum absolute atomic E-state index is 0.0213. The lowest BCUT2D eigenvalue weighted by Gasteiger charge is -2.22. The number of nitrogens with one attached hydrogen (secondary N) is 3. The Morgan fingerprint density at radius 3 is 1.02 bits per heavy atom. The van der Waals surface area contributed by atoms with Gasteiger partial charge in [-0.15, -0.1) is 0 Å². The highest BCUT2D eigenvalue weighted by Gasteiger charge is 2.34. The zero-order chi connectivity index (χ0) is 91.7. The quantitative estimate of drug-likeness (QED) is 0.0229. The van der Waals surface area contributed by atoms with Crippen molar-refractivity contribution >= 4 is 101 Å². The molecule has 122 heavy (non-hydrogen) atoms. The highest BCUT2D eigenvalue weighted by atomic mass is 16.6. The van der Waals surface area contributed by atoms with E-state index in [0.29, 0.717) is 23.3 Å². The van der Waals surface area contributed by atoms with Gasteiger partial charge in [-0.25, -0.2) is 47.9 Å². The van der Waals surface area contributed by atoms with Crippen LogP contribution in [0.1, 0.15) is 148 Å². The fourth-order valence-corrected chi connectivity index (χ4v) is 9.49. The molecule has 672 valence electrons. The van der Waals surface area contributed by atoms with Crippen molar-refractivity contribution in [3.63, 3.8) is 0 Å². The number of ketones is 2. The second kappa shape index (κ2) is 57.2. The van der Waals surface area contributed by atoms with Crippen molar-refractivity contribution in [2.24, 2.45) is 11.8 Å². The summed E-state index contributed by atoms with van der Waals surface area (Å²) in [5.74, 6) is -13.8. The van der Waals surface area contributed by atoms with Gasteiger partial charge in [-0.2, -0.15) is 0 Å². The maximum Gasteiger partial charge on any atom is 0.347 e. The van der Waals surface area contributed by atoms with Gasteiger partial charge in [0.15, 0.2) is 60.4 Å². The van der Waals surface area contributed by atoms with E-state index < -0.39 is 180 Å². The van der Waals surface area contributed by atoms with E-state index >= 15 is 0 Å². The van der Waals surface area contributed by atoms with Crippen LogP contribution >= 0.6 is 0 Å². The van der Waals surface area contributed by atoms with Crippen LogP contribution in [0.5, 0.6) is 5.75 Å². The normalized spacial score (nSPS) is 13.7. The van der Waals surface area contributed by atoms with Gasteiger partial charge in [-0.3, -0.25) is 33.6 Å². The molecule has 4 aromatic carbocycles. The number of hydrogen-bond acceptors (Lipinski definition) is 34. The molecule has 0 aliphatic carbocycles. The second-order valence-corrected chi connectivity index (χ2v) is 27.9. The molecule has 0 spiro atoms. The molecule has 4 aromatic rings. The third kappa shape index (κ3) is 42.7. The van der Waals surface area contributed by atoms with E-state index in [4.69, 9.17) is 71.1 Å². The number of aliphatic hydroxyl groups is 1. The smallest absolute Gasteiger partial charge is 0.347 e. The summed E-state index contributed by atoms with van der Waals surface area (Å²) in [4.78, 5) is 209. The molecule has 0 saturated heterocycles. The van der Waals surface area contributed by atoms with Gasteiger partial charge in [0.1, 0.15) is 50.4 Å². The molecular weight excluding hydrogens is 1610 g/mol. The van der Waals surface area contributed by atoms with Crippen LogP contribution in [0.3, 0.4) is 0 Å². The number of benzene rings is 4. The predicted octanol–water partition coefficient (Wildman–Crippen LogP) is 4.62. The number of Topliss-reactive ketones (excluding diaryl/α,β-unsaturated/α-hetero) is 2. The third-order valence-electron chi connectivity index (χ3n) is 16.7. The number of methoxy groups -OCH3 is 3. The van der Waals surface area contributed by atoms with Gasteiger partial charge in [-0.05, 0) is 115 Å². The number of aliphatic hydroxyl groups excluding tert-OH is 1. The lowest BCUT2D eigenvalue weighted by Crippen LogP contribution is -2.48. The Morgan fingerprint density at radius 2 is 0.631 bits per heavy atom. The number of hydrogen-bond donors (Lipinski definition) is 5. The monoisotopic (exact) mass is 1720 g/mol. The number of aromatic hydroxyl groups is 1. The number of esters is 12. The average Bonchev–Trinajstić information content (AvgIpc) is 0.857. The van der Waals surface area contributed by atoms with Crippen LogP contribution < -0.4 is 16.0 Å². The van der Waals surface area contributed by atoms with E-state index in [1.54, 1.807) is 107 Å². The van der Waals surface area contributed by atoms with Gasteiger partial charge >= 0.3 is 71.6 Å². The summed E-state index contributed by atoms with van der Waals surface area (Å²) in [6.45, 7) is 18.5. The molecule has 0 aliphatic heterocycles. The molecule has 4 rings (SSSR count).